The maximum atomic E-state index is 12.4. The van der Waals surface area contributed by atoms with E-state index in [1.54, 1.807) is 31.4 Å². The van der Waals surface area contributed by atoms with Crippen molar-refractivity contribution in [2.75, 3.05) is 12.4 Å². The minimum Gasteiger partial charge on any atom is -0.496 e. The predicted molar refractivity (Wildman–Crippen MR) is 101 cm³/mol. The van der Waals surface area contributed by atoms with Gasteiger partial charge in [-0.2, -0.15) is 5.26 Å². The Morgan fingerprint density at radius 3 is 2.85 bits per heavy atom. The zero-order valence-corrected chi connectivity index (χ0v) is 14.6. The van der Waals surface area contributed by atoms with Crippen molar-refractivity contribution in [2.24, 2.45) is 0 Å². The quantitative estimate of drug-likeness (QED) is 0.702. The lowest BCUT2D eigenvalue weighted by atomic mass is 10.2. The summed E-state index contributed by atoms with van der Waals surface area (Å²) >= 11 is 0. The lowest BCUT2D eigenvalue weighted by Gasteiger charge is -2.10. The zero-order chi connectivity index (χ0) is 19.1. The Labute approximate surface area is 156 Å². The van der Waals surface area contributed by atoms with E-state index < -0.39 is 0 Å². The number of nitrogens with zero attached hydrogens (tertiary/aromatic N) is 3. The number of ether oxygens (including phenoxy) is 1. The van der Waals surface area contributed by atoms with Crippen molar-refractivity contribution in [1.29, 1.82) is 5.26 Å². The second kappa shape index (κ2) is 8.45. The van der Waals surface area contributed by atoms with Crippen molar-refractivity contribution in [3.05, 3.63) is 77.6 Å². The Hall–Kier alpha value is -3.92. The van der Waals surface area contributed by atoms with E-state index in [0.717, 1.165) is 5.56 Å². The molecule has 3 aromatic rings. The third-order valence-electron chi connectivity index (χ3n) is 3.77. The molecule has 0 aliphatic heterocycles. The maximum absolute atomic E-state index is 12.4. The summed E-state index contributed by atoms with van der Waals surface area (Å²) in [4.78, 5) is 20.8. The molecule has 0 bridgehead atoms. The number of carbonyl (C=O) groups is 1. The third-order valence-corrected chi connectivity index (χ3v) is 3.77. The van der Waals surface area contributed by atoms with Crippen LogP contribution in [0.15, 0.2) is 60.8 Å². The van der Waals surface area contributed by atoms with E-state index in [9.17, 15) is 4.79 Å². The van der Waals surface area contributed by atoms with Gasteiger partial charge in [-0.05, 0) is 30.3 Å². The van der Waals surface area contributed by atoms with Gasteiger partial charge in [0, 0.05) is 24.0 Å². The number of benzene rings is 2. The summed E-state index contributed by atoms with van der Waals surface area (Å²) in [6, 6.07) is 18.0. The summed E-state index contributed by atoms with van der Waals surface area (Å²) < 4.78 is 5.28. The Morgan fingerprint density at radius 1 is 1.19 bits per heavy atom. The van der Waals surface area contributed by atoms with Gasteiger partial charge in [0.15, 0.2) is 0 Å². The number of para-hydroxylation sites is 1. The molecule has 0 saturated heterocycles. The zero-order valence-electron chi connectivity index (χ0n) is 14.6. The molecule has 1 heterocycles. The molecule has 1 amide bonds. The number of hydrogen-bond acceptors (Lipinski definition) is 6. The van der Waals surface area contributed by atoms with Gasteiger partial charge in [0.2, 0.25) is 5.95 Å². The molecular weight excluding hydrogens is 342 g/mol. The molecule has 2 N–H and O–H groups in total. The van der Waals surface area contributed by atoms with Crippen LogP contribution in [0.25, 0.3) is 0 Å². The highest BCUT2D eigenvalue weighted by molar-refractivity contribution is 5.92. The van der Waals surface area contributed by atoms with Gasteiger partial charge in [0.25, 0.3) is 5.91 Å². The van der Waals surface area contributed by atoms with Crippen LogP contribution in [0.2, 0.25) is 0 Å². The normalized spacial score (nSPS) is 9.93. The van der Waals surface area contributed by atoms with Crippen molar-refractivity contribution < 1.29 is 9.53 Å². The van der Waals surface area contributed by atoms with Gasteiger partial charge in [-0.3, -0.25) is 4.79 Å². The molecule has 27 heavy (non-hydrogen) atoms. The first-order valence-electron chi connectivity index (χ1n) is 8.20. The van der Waals surface area contributed by atoms with Crippen LogP contribution in [0.4, 0.5) is 11.6 Å². The van der Waals surface area contributed by atoms with Gasteiger partial charge >= 0.3 is 0 Å². The van der Waals surface area contributed by atoms with Crippen LogP contribution in [0.1, 0.15) is 21.6 Å². The van der Waals surface area contributed by atoms with Crippen molar-refractivity contribution in [2.45, 2.75) is 6.54 Å². The molecule has 0 fully saturated rings. The van der Waals surface area contributed by atoms with Gasteiger partial charge in [-0.15, -0.1) is 0 Å². The second-order valence-corrected chi connectivity index (χ2v) is 5.58. The van der Waals surface area contributed by atoms with Crippen molar-refractivity contribution in [3.8, 4) is 11.8 Å². The number of carbonyl (C=O) groups excluding carboxylic acids is 1. The van der Waals surface area contributed by atoms with Crippen LogP contribution in [0.3, 0.4) is 0 Å². The monoisotopic (exact) mass is 359 g/mol. The largest absolute Gasteiger partial charge is 0.496 e. The van der Waals surface area contributed by atoms with Crippen molar-refractivity contribution in [1.82, 2.24) is 15.3 Å². The topological polar surface area (TPSA) is 99.9 Å². The van der Waals surface area contributed by atoms with Crippen LogP contribution in [0, 0.1) is 11.3 Å². The van der Waals surface area contributed by atoms with Crippen LogP contribution in [0.5, 0.6) is 5.75 Å². The molecule has 0 aliphatic carbocycles. The number of aromatic nitrogens is 2. The number of methoxy groups -OCH3 is 1. The molecule has 0 atom stereocenters. The summed E-state index contributed by atoms with van der Waals surface area (Å²) in [6.07, 6.45) is 1.50. The predicted octanol–water partition coefficient (Wildman–Crippen LogP) is 3.03. The van der Waals surface area contributed by atoms with E-state index >= 15 is 0 Å². The smallest absolute Gasteiger partial charge is 0.270 e. The molecule has 0 spiro atoms. The standard InChI is InChI=1S/C20H17N5O2/c1-27-18-8-3-2-6-15(18)13-23-19(26)17-9-10-22-20(25-17)24-16-7-4-5-14(11-16)12-21/h2-11H,13H2,1H3,(H,23,26)(H,22,24,25). The Bertz CT molecular complexity index is 997. The Balaban J connectivity index is 1.69. The van der Waals surface area contributed by atoms with Gasteiger partial charge in [-0.1, -0.05) is 24.3 Å². The van der Waals surface area contributed by atoms with Gasteiger partial charge < -0.3 is 15.4 Å². The Morgan fingerprint density at radius 2 is 2.04 bits per heavy atom. The summed E-state index contributed by atoms with van der Waals surface area (Å²) in [6.45, 7) is 0.319. The van der Waals surface area contributed by atoms with Gasteiger partial charge in [0.05, 0.1) is 18.7 Å². The lowest BCUT2D eigenvalue weighted by molar-refractivity contribution is 0.0945. The van der Waals surface area contributed by atoms with Crippen LogP contribution in [-0.4, -0.2) is 23.0 Å². The van der Waals surface area contributed by atoms with Crippen molar-refractivity contribution in [3.63, 3.8) is 0 Å². The molecule has 0 unspecified atom stereocenters. The SMILES string of the molecule is COc1ccccc1CNC(=O)c1ccnc(Nc2cccc(C#N)c2)n1. The highest BCUT2D eigenvalue weighted by Gasteiger charge is 2.10. The van der Waals surface area contributed by atoms with E-state index in [1.165, 1.54) is 12.3 Å². The molecule has 2 aromatic carbocycles. The summed E-state index contributed by atoms with van der Waals surface area (Å²) in [5.74, 6) is 0.660. The van der Waals surface area contributed by atoms with Gasteiger partial charge in [0.1, 0.15) is 11.4 Å². The van der Waals surface area contributed by atoms with E-state index in [4.69, 9.17) is 10.00 Å². The minimum atomic E-state index is -0.322. The first-order chi connectivity index (χ1) is 13.2. The molecule has 7 nitrogen and oxygen atoms in total. The molecule has 0 saturated carbocycles. The van der Waals surface area contributed by atoms with Gasteiger partial charge in [-0.25, -0.2) is 9.97 Å². The molecule has 1 aromatic heterocycles. The number of rotatable bonds is 6. The summed E-state index contributed by atoms with van der Waals surface area (Å²) in [5, 5.41) is 14.8. The first kappa shape index (κ1) is 17.9. The van der Waals surface area contributed by atoms with Crippen molar-refractivity contribution >= 4 is 17.5 Å². The summed E-state index contributed by atoms with van der Waals surface area (Å²) in [5.41, 5.74) is 2.29. The number of amides is 1. The van der Waals surface area contributed by atoms with E-state index in [1.807, 2.05) is 24.3 Å². The fraction of sp³-hybridized carbons (Fsp3) is 0.100. The van der Waals surface area contributed by atoms with Crippen LogP contribution in [-0.2, 0) is 6.54 Å². The fourth-order valence-electron chi connectivity index (χ4n) is 2.46. The molecule has 0 aliphatic rings. The number of nitrogens with one attached hydrogen (secondary N) is 2. The molecule has 3 rings (SSSR count). The number of hydrogen-bond donors (Lipinski definition) is 2. The molecular formula is C20H17N5O2. The fourth-order valence-corrected chi connectivity index (χ4v) is 2.46. The molecule has 7 heteroatoms. The maximum Gasteiger partial charge on any atom is 0.270 e. The lowest BCUT2D eigenvalue weighted by Crippen LogP contribution is -2.24. The minimum absolute atomic E-state index is 0.235. The number of nitriles is 1. The Kier molecular flexibility index (Phi) is 5.60. The summed E-state index contributed by atoms with van der Waals surface area (Å²) in [7, 11) is 1.59. The average Bonchev–Trinajstić information content (AvgIpc) is 2.72. The van der Waals surface area contributed by atoms with E-state index in [0.29, 0.717) is 23.5 Å². The molecule has 134 valence electrons. The molecule has 0 radical (unpaired) electrons. The van der Waals surface area contributed by atoms with E-state index in [-0.39, 0.29) is 17.5 Å². The van der Waals surface area contributed by atoms with Crippen LogP contribution >= 0.6 is 0 Å². The average molecular weight is 359 g/mol. The highest BCUT2D eigenvalue weighted by Crippen LogP contribution is 2.17. The second-order valence-electron chi connectivity index (χ2n) is 5.58. The third kappa shape index (κ3) is 4.58. The highest BCUT2D eigenvalue weighted by atomic mass is 16.5. The van der Waals surface area contributed by atoms with Crippen LogP contribution < -0.4 is 15.4 Å². The number of anilines is 2. The van der Waals surface area contributed by atoms with E-state index in [2.05, 4.69) is 26.7 Å². The first-order valence-corrected chi connectivity index (χ1v) is 8.20.